The largest absolute Gasteiger partial charge is 0.350 e. The van der Waals surface area contributed by atoms with Crippen LogP contribution in [0.25, 0.3) is 0 Å². The van der Waals surface area contributed by atoms with Crippen LogP contribution in [0.3, 0.4) is 0 Å². The van der Waals surface area contributed by atoms with E-state index >= 15 is 0 Å². The lowest BCUT2D eigenvalue weighted by Gasteiger charge is -2.43. The van der Waals surface area contributed by atoms with Crippen molar-refractivity contribution in [3.8, 4) is 0 Å². The Hall–Kier alpha value is -0.770. The third kappa shape index (κ3) is 4.60. The molecule has 1 aromatic rings. The number of rotatable bonds is 4. The van der Waals surface area contributed by atoms with Gasteiger partial charge in [-0.15, -0.1) is 12.4 Å². The zero-order chi connectivity index (χ0) is 14.6. The van der Waals surface area contributed by atoms with Crippen LogP contribution in [0.15, 0.2) is 24.3 Å². The van der Waals surface area contributed by atoms with Crippen LogP contribution in [0, 0.1) is 0 Å². The number of nitrogens with zero attached hydrogens (tertiary/aromatic N) is 1. The van der Waals surface area contributed by atoms with E-state index in [0.717, 1.165) is 12.8 Å². The molecule has 0 heterocycles. The van der Waals surface area contributed by atoms with Gasteiger partial charge < -0.3 is 10.2 Å². The van der Waals surface area contributed by atoms with Crippen molar-refractivity contribution in [2.75, 3.05) is 20.6 Å². The summed E-state index contributed by atoms with van der Waals surface area (Å²) in [6.45, 7) is 0.710. The molecule has 0 saturated heterocycles. The lowest BCUT2D eigenvalue weighted by molar-refractivity contribution is 0.0799. The Morgan fingerprint density at radius 1 is 1.19 bits per heavy atom. The van der Waals surface area contributed by atoms with Gasteiger partial charge in [0.15, 0.2) is 0 Å². The molecule has 0 unspecified atom stereocenters. The van der Waals surface area contributed by atoms with E-state index in [1.807, 2.05) is 0 Å². The highest BCUT2D eigenvalue weighted by Gasteiger charge is 2.34. The van der Waals surface area contributed by atoms with E-state index in [4.69, 9.17) is 11.6 Å². The molecule has 1 N–H and O–H groups in total. The molecule has 118 valence electrons. The first kappa shape index (κ1) is 18.3. The molecule has 0 atom stereocenters. The molecule has 5 heteroatoms. The van der Waals surface area contributed by atoms with Crippen molar-refractivity contribution < 1.29 is 4.79 Å². The average Bonchev–Trinajstić information content (AvgIpc) is 2.46. The molecule has 21 heavy (non-hydrogen) atoms. The highest BCUT2D eigenvalue weighted by Crippen LogP contribution is 2.31. The molecule has 0 bridgehead atoms. The Balaban J connectivity index is 0.00000220. The second-order valence-corrected chi connectivity index (χ2v) is 6.31. The summed E-state index contributed by atoms with van der Waals surface area (Å²) in [5.41, 5.74) is 0.777. The summed E-state index contributed by atoms with van der Waals surface area (Å²) in [6.07, 6.45) is 6.10. The molecule has 1 aliphatic rings. The summed E-state index contributed by atoms with van der Waals surface area (Å²) in [5.74, 6) is -0.0199. The van der Waals surface area contributed by atoms with Gasteiger partial charge in [0.1, 0.15) is 0 Å². The van der Waals surface area contributed by atoms with Crippen molar-refractivity contribution in [3.05, 3.63) is 34.9 Å². The first-order valence-corrected chi connectivity index (χ1v) is 7.62. The van der Waals surface area contributed by atoms with Gasteiger partial charge in [-0.05, 0) is 51.2 Å². The number of amides is 1. The molecule has 0 radical (unpaired) electrons. The minimum Gasteiger partial charge on any atom is -0.350 e. The fourth-order valence-electron chi connectivity index (χ4n) is 2.94. The molecule has 1 aliphatic carbocycles. The van der Waals surface area contributed by atoms with Crippen LogP contribution in [0.5, 0.6) is 0 Å². The summed E-state index contributed by atoms with van der Waals surface area (Å²) in [7, 11) is 4.22. The fraction of sp³-hybridized carbons (Fsp3) is 0.562. The molecule has 1 saturated carbocycles. The van der Waals surface area contributed by atoms with Gasteiger partial charge >= 0.3 is 0 Å². The van der Waals surface area contributed by atoms with Gasteiger partial charge in [0.2, 0.25) is 0 Å². The van der Waals surface area contributed by atoms with Crippen LogP contribution in [-0.4, -0.2) is 37.0 Å². The fourth-order valence-corrected chi connectivity index (χ4v) is 3.07. The van der Waals surface area contributed by atoms with Crippen molar-refractivity contribution >= 4 is 29.9 Å². The number of likely N-dealkylation sites (N-methyl/N-ethyl adjacent to an activating group) is 1. The molecule has 0 aromatic heterocycles. The molecule has 1 amide bonds. The quantitative estimate of drug-likeness (QED) is 0.911. The van der Waals surface area contributed by atoms with E-state index in [2.05, 4.69) is 24.3 Å². The maximum atomic E-state index is 12.2. The average molecular weight is 331 g/mol. The second kappa shape index (κ2) is 8.02. The third-order valence-electron chi connectivity index (χ3n) is 4.42. The Bertz CT molecular complexity index is 454. The molecule has 1 aromatic carbocycles. The lowest BCUT2D eigenvalue weighted by Crippen LogP contribution is -2.53. The minimum atomic E-state index is -0.0199. The van der Waals surface area contributed by atoms with Gasteiger partial charge in [0.05, 0.1) is 0 Å². The number of carbonyl (C=O) groups is 1. The molecule has 1 fully saturated rings. The summed E-state index contributed by atoms with van der Waals surface area (Å²) in [5, 5.41) is 3.74. The Labute approximate surface area is 138 Å². The van der Waals surface area contributed by atoms with Crippen LogP contribution in [0.2, 0.25) is 5.02 Å². The standard InChI is InChI=1S/C16H23ClN2O.ClH/c1-19(2)16(10-4-3-5-11-16)12-18-15(20)13-6-8-14(17)9-7-13;/h6-9H,3-5,10-12H2,1-2H3,(H,18,20);1H. The summed E-state index contributed by atoms with van der Waals surface area (Å²) in [6, 6.07) is 7.03. The van der Waals surface area contributed by atoms with E-state index in [1.165, 1.54) is 19.3 Å². The van der Waals surface area contributed by atoms with Gasteiger partial charge in [-0.2, -0.15) is 0 Å². The van der Waals surface area contributed by atoms with Crippen LogP contribution >= 0.6 is 24.0 Å². The number of carbonyl (C=O) groups excluding carboxylic acids is 1. The first-order chi connectivity index (χ1) is 9.53. The van der Waals surface area contributed by atoms with Gasteiger partial charge in [-0.3, -0.25) is 4.79 Å². The van der Waals surface area contributed by atoms with Gasteiger partial charge in [0.25, 0.3) is 5.91 Å². The zero-order valence-corrected chi connectivity index (χ0v) is 14.3. The Morgan fingerprint density at radius 2 is 1.76 bits per heavy atom. The van der Waals surface area contributed by atoms with E-state index in [9.17, 15) is 4.79 Å². The number of hydrogen-bond acceptors (Lipinski definition) is 2. The highest BCUT2D eigenvalue weighted by atomic mass is 35.5. The van der Waals surface area contributed by atoms with Crippen molar-refractivity contribution in [1.82, 2.24) is 10.2 Å². The molecule has 0 aliphatic heterocycles. The SMILES string of the molecule is CN(C)C1(CNC(=O)c2ccc(Cl)cc2)CCCCC1.Cl. The van der Waals surface area contributed by atoms with Gasteiger partial charge in [-0.1, -0.05) is 30.9 Å². The topological polar surface area (TPSA) is 32.3 Å². The molecule has 3 nitrogen and oxygen atoms in total. The molecular formula is C16H24Cl2N2O. The first-order valence-electron chi connectivity index (χ1n) is 7.25. The van der Waals surface area contributed by atoms with E-state index in [-0.39, 0.29) is 23.9 Å². The van der Waals surface area contributed by atoms with Crippen molar-refractivity contribution in [2.45, 2.75) is 37.6 Å². The normalized spacial score (nSPS) is 17.1. The maximum Gasteiger partial charge on any atom is 0.251 e. The minimum absolute atomic E-state index is 0. The lowest BCUT2D eigenvalue weighted by atomic mass is 9.80. The Morgan fingerprint density at radius 3 is 2.29 bits per heavy atom. The van der Waals surface area contributed by atoms with Gasteiger partial charge in [-0.25, -0.2) is 0 Å². The molecule has 0 spiro atoms. The number of hydrogen-bond donors (Lipinski definition) is 1. The number of benzene rings is 1. The number of nitrogens with one attached hydrogen (secondary N) is 1. The van der Waals surface area contributed by atoms with E-state index in [0.29, 0.717) is 17.1 Å². The molecule has 2 rings (SSSR count). The summed E-state index contributed by atoms with van der Waals surface area (Å²) in [4.78, 5) is 14.5. The van der Waals surface area contributed by atoms with Crippen LogP contribution < -0.4 is 5.32 Å². The van der Waals surface area contributed by atoms with Crippen LogP contribution in [-0.2, 0) is 0 Å². The van der Waals surface area contributed by atoms with Gasteiger partial charge in [0, 0.05) is 22.7 Å². The zero-order valence-electron chi connectivity index (χ0n) is 12.7. The van der Waals surface area contributed by atoms with E-state index < -0.39 is 0 Å². The van der Waals surface area contributed by atoms with Crippen LogP contribution in [0.4, 0.5) is 0 Å². The monoisotopic (exact) mass is 330 g/mol. The van der Waals surface area contributed by atoms with Crippen molar-refractivity contribution in [2.24, 2.45) is 0 Å². The third-order valence-corrected chi connectivity index (χ3v) is 4.67. The molecular weight excluding hydrogens is 307 g/mol. The van der Waals surface area contributed by atoms with Crippen molar-refractivity contribution in [1.29, 1.82) is 0 Å². The Kier molecular flexibility index (Phi) is 6.98. The smallest absolute Gasteiger partial charge is 0.251 e. The second-order valence-electron chi connectivity index (χ2n) is 5.87. The highest BCUT2D eigenvalue weighted by molar-refractivity contribution is 6.30. The predicted octanol–water partition coefficient (Wildman–Crippen LogP) is 3.76. The summed E-state index contributed by atoms with van der Waals surface area (Å²) < 4.78 is 0. The van der Waals surface area contributed by atoms with E-state index in [1.54, 1.807) is 24.3 Å². The number of halogens is 2. The maximum absolute atomic E-state index is 12.2. The van der Waals surface area contributed by atoms with Crippen LogP contribution in [0.1, 0.15) is 42.5 Å². The van der Waals surface area contributed by atoms with Crippen molar-refractivity contribution in [3.63, 3.8) is 0 Å². The predicted molar refractivity (Wildman–Crippen MR) is 90.5 cm³/mol. The summed E-state index contributed by atoms with van der Waals surface area (Å²) >= 11 is 5.84.